The highest BCUT2D eigenvalue weighted by atomic mass is 16.6. The van der Waals surface area contributed by atoms with Crippen molar-refractivity contribution in [1.29, 1.82) is 0 Å². The molecule has 6 aliphatic heterocycles. The number of nitrogens with two attached hydrogens (primary N) is 2. The molecular weight excluding hydrogens is 1660 g/mol. The van der Waals surface area contributed by atoms with Gasteiger partial charge in [-0.2, -0.15) is 5.10 Å². The summed E-state index contributed by atoms with van der Waals surface area (Å²) in [6, 6.07) is 8.14. The van der Waals surface area contributed by atoms with Gasteiger partial charge in [0.15, 0.2) is 11.4 Å². The number of anilines is 3. The number of carbonyl (C=O) groups excluding carboxylic acids is 7. The van der Waals surface area contributed by atoms with Crippen LogP contribution in [0, 0.1) is 29.6 Å². The number of cyclic esters (lactones) is 1. The van der Waals surface area contributed by atoms with Gasteiger partial charge in [-0.05, 0) is 136 Å². The third-order valence-electron chi connectivity index (χ3n) is 27.0. The minimum Gasteiger partial charge on any atom is -0.459 e. The summed E-state index contributed by atoms with van der Waals surface area (Å²) >= 11 is 0. The predicted octanol–water partition coefficient (Wildman–Crippen LogP) is 7.86. The van der Waals surface area contributed by atoms with Gasteiger partial charge in [-0.25, -0.2) is 49.2 Å². The smallest absolute Gasteiger partial charge is 0.407 e. The Bertz CT molecular complexity index is 5220. The van der Waals surface area contributed by atoms with Gasteiger partial charge in [-0.3, -0.25) is 33.8 Å². The Morgan fingerprint density at radius 3 is 2.16 bits per heavy atom. The minimum absolute atomic E-state index is 0.00947. The molecule has 8 N–H and O–H groups in total. The van der Waals surface area contributed by atoms with Gasteiger partial charge in [0.1, 0.15) is 59.7 Å². The summed E-state index contributed by atoms with van der Waals surface area (Å²) in [6.07, 6.45) is 20.6. The van der Waals surface area contributed by atoms with Gasteiger partial charge < -0.3 is 84.7 Å². The van der Waals surface area contributed by atoms with Crippen LogP contribution in [0.25, 0.3) is 33.3 Å². The molecule has 5 fully saturated rings. The van der Waals surface area contributed by atoms with Crippen molar-refractivity contribution in [3.63, 3.8) is 0 Å². The van der Waals surface area contributed by atoms with Crippen LogP contribution in [0.5, 0.6) is 0 Å². The van der Waals surface area contributed by atoms with Crippen molar-refractivity contribution in [3.05, 3.63) is 149 Å². The number of pyridine rings is 1. The number of rotatable bonds is 21. The summed E-state index contributed by atoms with van der Waals surface area (Å²) in [5.74, 6) is -7.23. The van der Waals surface area contributed by atoms with Crippen LogP contribution in [-0.4, -0.2) is 294 Å². The fourth-order valence-electron chi connectivity index (χ4n) is 19.0. The first-order chi connectivity index (χ1) is 62.7. The number of hydrogen-bond donors (Lipinski definition) is 6. The number of amides is 3. The average molecular weight is 1790 g/mol. The number of carbonyl (C=O) groups is 7. The number of piperidine rings is 1. The number of esters is 1. The third kappa shape index (κ3) is 23.2. The Morgan fingerprint density at radius 1 is 0.731 bits per heavy atom. The molecule has 1 saturated carbocycles. The number of aliphatic hydroxyl groups excluding tert-OH is 1. The summed E-state index contributed by atoms with van der Waals surface area (Å²) in [5, 5.41) is 33.3. The first-order valence-electron chi connectivity index (χ1n) is 45.9. The number of fused-ring (bicyclic) bond motifs is 6. The highest BCUT2D eigenvalue weighted by Gasteiger charge is 2.53. The highest BCUT2D eigenvalue weighted by Crippen LogP contribution is 2.39. The Kier molecular flexibility index (Phi) is 32.3. The van der Waals surface area contributed by atoms with E-state index in [0.29, 0.717) is 142 Å². The summed E-state index contributed by atoms with van der Waals surface area (Å²) in [7, 11) is 4.46. The molecule has 12 heterocycles. The van der Waals surface area contributed by atoms with E-state index < -0.39 is 108 Å². The van der Waals surface area contributed by atoms with Crippen LogP contribution >= 0.6 is 0 Å². The van der Waals surface area contributed by atoms with Gasteiger partial charge in [0.25, 0.3) is 17.6 Å². The quantitative estimate of drug-likeness (QED) is 0.0172. The van der Waals surface area contributed by atoms with Crippen LogP contribution in [-0.2, 0) is 83.2 Å². The minimum atomic E-state index is -2.51. The molecule has 2 bridgehead atoms. The first-order valence-corrected chi connectivity index (χ1v) is 45.9. The number of benzene rings is 1. The topological polar surface area (TPSA) is 432 Å². The lowest BCUT2D eigenvalue weighted by Crippen LogP contribution is -2.61. The number of aromatic amines is 1. The van der Waals surface area contributed by atoms with E-state index >= 15 is 0 Å². The number of aromatic nitrogens is 10. The maximum atomic E-state index is 14.8. The molecule has 0 radical (unpaired) electrons. The number of nitrogens with one attached hydrogen (secondary N) is 2. The summed E-state index contributed by atoms with van der Waals surface area (Å²) in [4.78, 5) is 147. The van der Waals surface area contributed by atoms with Gasteiger partial charge in [-0.15, -0.1) is 0 Å². The van der Waals surface area contributed by atoms with E-state index in [4.69, 9.17) is 49.7 Å². The number of nitrogens with zero attached hydrogens (tertiary/aromatic N) is 15. The van der Waals surface area contributed by atoms with Crippen molar-refractivity contribution in [3.8, 4) is 11.3 Å². The van der Waals surface area contributed by atoms with Crippen molar-refractivity contribution >= 4 is 81.0 Å². The molecule has 1 aromatic carbocycles. The Labute approximate surface area is 758 Å². The van der Waals surface area contributed by atoms with Crippen molar-refractivity contribution in [2.45, 2.75) is 205 Å². The average Bonchev–Trinajstić information content (AvgIpc) is 0.909. The molecule has 3 amide bonds. The lowest BCUT2D eigenvalue weighted by Gasteiger charge is -2.42. The van der Waals surface area contributed by atoms with E-state index in [9.17, 15) is 43.8 Å². The Balaban J connectivity index is 0.501. The molecule has 7 aromatic rings. The Hall–Kier alpha value is -10.7. The second-order valence-electron chi connectivity index (χ2n) is 36.1. The van der Waals surface area contributed by atoms with Crippen molar-refractivity contribution in [2.24, 2.45) is 35.3 Å². The van der Waals surface area contributed by atoms with Gasteiger partial charge in [0, 0.05) is 203 Å². The van der Waals surface area contributed by atoms with Crippen molar-refractivity contribution < 1.29 is 76.9 Å². The molecule has 4 saturated heterocycles. The normalized spacial score (nSPS) is 28.3. The van der Waals surface area contributed by atoms with Gasteiger partial charge in [0.2, 0.25) is 17.7 Å². The van der Waals surface area contributed by atoms with E-state index in [1.54, 1.807) is 71.9 Å². The third-order valence-corrected chi connectivity index (χ3v) is 27.0. The zero-order valence-corrected chi connectivity index (χ0v) is 76.2. The zero-order valence-electron chi connectivity index (χ0n) is 76.2. The molecule has 35 nitrogen and oxygen atoms in total. The Morgan fingerprint density at radius 2 is 1.45 bits per heavy atom. The first kappa shape index (κ1) is 95.4. The van der Waals surface area contributed by atoms with Gasteiger partial charge in [-0.1, -0.05) is 82.4 Å². The maximum Gasteiger partial charge on any atom is 0.407 e. The molecule has 698 valence electrons. The molecule has 6 aromatic heterocycles. The second kappa shape index (κ2) is 44.0. The van der Waals surface area contributed by atoms with E-state index in [1.807, 2.05) is 72.1 Å². The number of Topliss-reactive ketones (excluding diaryl/α,β-unsaturated/α-hetero) is 3. The van der Waals surface area contributed by atoms with Crippen molar-refractivity contribution in [2.75, 3.05) is 129 Å². The molecule has 0 spiro atoms. The van der Waals surface area contributed by atoms with Gasteiger partial charge >= 0.3 is 12.1 Å². The number of alkyl carbamates (subject to hydrolysis) is 1. The standard InChI is InChI=1S/C95H127N19O16/c1-58-15-11-10-12-16-59(2)77(124-7)47-72-22-18-63(6)95(123,130-72)85(118)90(120)113-27-14-13-17-74(113)91(121)128-78(48-75(115)60(3)42-62(5)83(117)84(126-9)82(116)61(4)41-58)73(96)44-64-20-23-76(79(45-64)125-8)129-94(122)104-51-66-49-100-92(101-50-66)110-33-29-108(30-34-110)37-39-127-40-38-109-31-35-111(36-32-109)93-102-53-71(54-103-93)89(119)112-28-25-67-43-65(19-21-69(67)56-112)55-114-88-80(86(97)105-57-106-88)81(107-114)70-46-68-24-26-98-87(68)99-52-70/h10-12,15-16,19,21,24,26,42-43,46,49-50,52-54,57-58,60-61,63-64,72-74,76-79,83-84,117,123H,13-14,17-18,20,22-23,25,27-41,44-45,47-48,51,55-56,96H2,1-9H3,(H,98,99)(H,104,122)(H2,97,105,106)/b12-10+,15-11+,59-16+,62-42+/t58-,60-,61-,63-,64+,72+,73-,74+,76-,77+,78+,79-,83-,84+,95-/m1/s1. The summed E-state index contributed by atoms with van der Waals surface area (Å²) in [5.41, 5.74) is 22.1. The largest absolute Gasteiger partial charge is 0.459 e. The lowest BCUT2D eigenvalue weighted by molar-refractivity contribution is -0.265. The molecular formula is C95H127N19O16. The number of nitrogen functional groups attached to an aromatic ring is 1. The van der Waals surface area contributed by atoms with Crippen LogP contribution in [0.2, 0.25) is 0 Å². The van der Waals surface area contributed by atoms with E-state index in [-0.39, 0.29) is 62.3 Å². The van der Waals surface area contributed by atoms with Crippen LogP contribution in [0.15, 0.2) is 121 Å². The lowest BCUT2D eigenvalue weighted by atomic mass is 9.80. The van der Waals surface area contributed by atoms with E-state index in [2.05, 4.69) is 83.0 Å². The number of ether oxygens (including phenoxy) is 7. The van der Waals surface area contributed by atoms with Crippen molar-refractivity contribution in [1.82, 2.24) is 74.6 Å². The predicted molar refractivity (Wildman–Crippen MR) is 486 cm³/mol. The molecule has 7 aliphatic rings. The fourth-order valence-corrected chi connectivity index (χ4v) is 19.0. The number of ketones is 3. The molecule has 1 aliphatic carbocycles. The van der Waals surface area contributed by atoms with E-state index in [1.165, 1.54) is 26.1 Å². The van der Waals surface area contributed by atoms with Crippen LogP contribution in [0.4, 0.5) is 22.5 Å². The number of allylic oxidation sites excluding steroid dienone is 6. The fraction of sp³-hybridized carbons (Fsp3) is 0.568. The SMILES string of the molecule is CO[C@H]1C[C@@H]2CC[C@@H](C)[C@@](O)(O2)C(=O)C(=O)N2CCCC[C@H]2C(=O)O[C@H]([C@H](N)C[C@@H]2CC[C@@H](OC(=O)NCc3cnc(N4CCN(CCOCCN5CCN(c6ncc(C(=O)N7CCc8cc(Cn9nc(-c%10cnc%11[nH]ccc%11c%10)c%10c(N)ncnc%109)ccc8C7)cn6)CC5)CC4)nc3)[C@H](OC)C2)CC(=O)[C@H](C)/C=C(\C)[C@@H](O)[C@@H](OC)C(=O)[C@H](C)C[C@H](C)/C=C/C=C/C=C/1C. The maximum absolute atomic E-state index is 14.8. The number of H-pyrrole nitrogens is 1. The second-order valence-corrected chi connectivity index (χ2v) is 36.1. The molecule has 130 heavy (non-hydrogen) atoms. The number of hydrogen-bond acceptors (Lipinski definition) is 30. The summed E-state index contributed by atoms with van der Waals surface area (Å²) in [6.45, 7) is 21.3. The van der Waals surface area contributed by atoms with Gasteiger partial charge in [0.05, 0.1) is 49.0 Å². The molecule has 0 unspecified atom stereocenters. The highest BCUT2D eigenvalue weighted by molar-refractivity contribution is 6.39. The van der Waals surface area contributed by atoms with Crippen LogP contribution in [0.1, 0.15) is 151 Å². The zero-order chi connectivity index (χ0) is 91.9. The van der Waals surface area contributed by atoms with Crippen LogP contribution < -0.4 is 26.6 Å². The van der Waals surface area contributed by atoms with E-state index in [0.717, 1.165) is 104 Å². The van der Waals surface area contributed by atoms with Crippen LogP contribution in [0.3, 0.4) is 0 Å². The molecule has 35 heteroatoms. The summed E-state index contributed by atoms with van der Waals surface area (Å²) < 4.78 is 44.0. The monoisotopic (exact) mass is 1790 g/mol. The number of aliphatic hydroxyl groups is 2. The number of methoxy groups -OCH3 is 3. The molecule has 14 rings (SSSR count). The number of piperazine rings is 2. The molecule has 15 atom stereocenters.